The molecule has 0 saturated carbocycles. The first-order chi connectivity index (χ1) is 17.8. The summed E-state index contributed by atoms with van der Waals surface area (Å²) in [6.45, 7) is 10.7. The Morgan fingerprint density at radius 3 is 2.66 bits per heavy atom. The van der Waals surface area contributed by atoms with Gasteiger partial charge in [-0.25, -0.2) is 23.5 Å². The van der Waals surface area contributed by atoms with Gasteiger partial charge in [0, 0.05) is 38.4 Å². The van der Waals surface area contributed by atoms with Crippen molar-refractivity contribution in [1.82, 2.24) is 24.8 Å². The molecule has 1 aromatic carbocycles. The predicted octanol–water partition coefficient (Wildman–Crippen LogP) is 3.96. The summed E-state index contributed by atoms with van der Waals surface area (Å²) in [5, 5.41) is 19.8. The van der Waals surface area contributed by atoms with Crippen LogP contribution in [0, 0.1) is 5.82 Å². The summed E-state index contributed by atoms with van der Waals surface area (Å²) in [6.07, 6.45) is 2.20. The predicted molar refractivity (Wildman–Crippen MR) is 140 cm³/mol. The summed E-state index contributed by atoms with van der Waals surface area (Å²) in [5.41, 5.74) is 0.205. The SMILES string of the molecule is C[C@H](CNCCN(C)C(=O)OC(C)(C)C)Oc1ccc(F)cc1[C@@H](C)Nc1ccn2ncc(C(=O)O)c2n1. The number of amides is 1. The highest BCUT2D eigenvalue weighted by atomic mass is 19.1. The Kier molecular flexibility index (Phi) is 9.10. The summed E-state index contributed by atoms with van der Waals surface area (Å²) >= 11 is 0. The van der Waals surface area contributed by atoms with Gasteiger partial charge in [-0.1, -0.05) is 0 Å². The molecule has 0 bridgehead atoms. The molecule has 12 heteroatoms. The second-order valence-corrected chi connectivity index (χ2v) is 10.0. The number of hydrogen-bond acceptors (Lipinski definition) is 8. The number of carboxylic acid groups (broad SMARTS) is 1. The number of aromatic nitrogens is 3. The van der Waals surface area contributed by atoms with Crippen LogP contribution in [0.4, 0.5) is 15.0 Å². The largest absolute Gasteiger partial charge is 0.489 e. The molecule has 2 heterocycles. The number of carbonyl (C=O) groups excluding carboxylic acids is 1. The smallest absolute Gasteiger partial charge is 0.410 e. The number of nitrogens with zero attached hydrogens (tertiary/aromatic N) is 4. The average molecular weight is 531 g/mol. The van der Waals surface area contributed by atoms with Gasteiger partial charge in [0.2, 0.25) is 0 Å². The second-order valence-electron chi connectivity index (χ2n) is 10.0. The summed E-state index contributed by atoms with van der Waals surface area (Å²) in [7, 11) is 1.68. The standard InChI is InChI=1S/C26H35FN6O5/c1-16(14-28-10-12-32(6)25(36)38-26(3,4)5)37-21-8-7-18(27)13-19(21)17(2)30-22-9-11-33-23(31-22)20(15-29-33)24(34)35/h7-9,11,13,15-17,28H,10,12,14H2,1-6H3,(H,30,31)(H,34,35)/t16-,17-/m1/s1. The molecule has 3 N–H and O–H groups in total. The van der Waals surface area contributed by atoms with E-state index in [0.29, 0.717) is 36.8 Å². The molecule has 2 aromatic heterocycles. The van der Waals surface area contributed by atoms with Crippen molar-refractivity contribution >= 4 is 23.5 Å². The Labute approximate surface area is 220 Å². The van der Waals surface area contributed by atoms with Crippen LogP contribution in [0.25, 0.3) is 5.65 Å². The molecule has 0 radical (unpaired) electrons. The molecule has 11 nitrogen and oxygen atoms in total. The lowest BCUT2D eigenvalue weighted by molar-refractivity contribution is 0.0299. The Morgan fingerprint density at radius 1 is 1.24 bits per heavy atom. The Hall–Kier alpha value is -3.93. The maximum Gasteiger partial charge on any atom is 0.410 e. The monoisotopic (exact) mass is 530 g/mol. The molecule has 3 rings (SSSR count). The number of halogens is 1. The molecule has 0 aliphatic heterocycles. The molecule has 0 aliphatic rings. The topological polar surface area (TPSA) is 130 Å². The van der Waals surface area contributed by atoms with E-state index in [0.717, 1.165) is 0 Å². The Morgan fingerprint density at radius 2 is 1.97 bits per heavy atom. The number of anilines is 1. The maximum absolute atomic E-state index is 14.2. The lowest BCUT2D eigenvalue weighted by atomic mass is 10.1. The molecule has 3 aromatic rings. The molecule has 38 heavy (non-hydrogen) atoms. The van der Waals surface area contributed by atoms with Crippen LogP contribution < -0.4 is 15.4 Å². The molecule has 0 aliphatic carbocycles. The highest BCUT2D eigenvalue weighted by molar-refractivity contribution is 5.94. The van der Waals surface area contributed by atoms with Gasteiger partial charge < -0.3 is 30.1 Å². The highest BCUT2D eigenvalue weighted by Gasteiger charge is 2.20. The molecular formula is C26H35FN6O5. The third-order valence-corrected chi connectivity index (χ3v) is 5.49. The van der Waals surface area contributed by atoms with Crippen LogP contribution in [-0.2, 0) is 4.74 Å². The number of ether oxygens (including phenoxy) is 2. The van der Waals surface area contributed by atoms with Crippen molar-refractivity contribution in [1.29, 1.82) is 0 Å². The summed E-state index contributed by atoms with van der Waals surface area (Å²) < 4.78 is 27.0. The molecule has 0 saturated heterocycles. The summed E-state index contributed by atoms with van der Waals surface area (Å²) in [5.74, 6) is -0.628. The molecule has 0 unspecified atom stereocenters. The number of aromatic carboxylic acids is 1. The fourth-order valence-corrected chi connectivity index (χ4v) is 3.61. The first kappa shape index (κ1) is 28.6. The zero-order chi connectivity index (χ0) is 28.0. The van der Waals surface area contributed by atoms with Gasteiger partial charge in [-0.2, -0.15) is 5.10 Å². The number of nitrogens with one attached hydrogen (secondary N) is 2. The van der Waals surface area contributed by atoms with Crippen LogP contribution in [-0.4, -0.2) is 75.1 Å². The number of carboxylic acids is 1. The van der Waals surface area contributed by atoms with Crippen LogP contribution in [0.5, 0.6) is 5.75 Å². The van der Waals surface area contributed by atoms with Crippen LogP contribution in [0.15, 0.2) is 36.7 Å². The number of hydrogen-bond donors (Lipinski definition) is 3. The van der Waals surface area contributed by atoms with Crippen molar-refractivity contribution < 1.29 is 28.6 Å². The maximum atomic E-state index is 14.2. The van der Waals surface area contributed by atoms with E-state index in [-0.39, 0.29) is 23.4 Å². The fourth-order valence-electron chi connectivity index (χ4n) is 3.61. The van der Waals surface area contributed by atoms with Gasteiger partial charge in [0.1, 0.15) is 34.7 Å². The van der Waals surface area contributed by atoms with E-state index in [4.69, 9.17) is 9.47 Å². The minimum Gasteiger partial charge on any atom is -0.489 e. The first-order valence-electron chi connectivity index (χ1n) is 12.3. The third kappa shape index (κ3) is 7.78. The van der Waals surface area contributed by atoms with E-state index < -0.39 is 23.4 Å². The Bertz CT molecular complexity index is 1270. The van der Waals surface area contributed by atoms with E-state index >= 15 is 0 Å². The van der Waals surface area contributed by atoms with Crippen molar-refractivity contribution in [3.8, 4) is 5.75 Å². The van der Waals surface area contributed by atoms with E-state index in [1.165, 1.54) is 27.7 Å². The number of fused-ring (bicyclic) bond motifs is 1. The zero-order valence-corrected chi connectivity index (χ0v) is 22.5. The Balaban J connectivity index is 1.59. The average Bonchev–Trinajstić information content (AvgIpc) is 3.25. The number of rotatable bonds is 11. The highest BCUT2D eigenvalue weighted by Crippen LogP contribution is 2.29. The zero-order valence-electron chi connectivity index (χ0n) is 22.5. The van der Waals surface area contributed by atoms with Gasteiger partial charge in [0.25, 0.3) is 0 Å². The van der Waals surface area contributed by atoms with Crippen LogP contribution in [0.3, 0.4) is 0 Å². The van der Waals surface area contributed by atoms with Crippen molar-refractivity contribution in [2.75, 3.05) is 32.0 Å². The molecular weight excluding hydrogens is 495 g/mol. The van der Waals surface area contributed by atoms with Crippen LogP contribution in [0.1, 0.15) is 56.6 Å². The number of likely N-dealkylation sites (N-methyl/N-ethyl adjacent to an activating group) is 1. The van der Waals surface area contributed by atoms with Crippen molar-refractivity contribution in [3.63, 3.8) is 0 Å². The quantitative estimate of drug-likeness (QED) is 0.315. The molecule has 0 fully saturated rings. The molecule has 1 amide bonds. The molecule has 0 spiro atoms. The van der Waals surface area contributed by atoms with Gasteiger partial charge in [0.05, 0.1) is 12.2 Å². The second kappa shape index (κ2) is 12.1. The lowest BCUT2D eigenvalue weighted by Gasteiger charge is -2.25. The van der Waals surface area contributed by atoms with Gasteiger partial charge in [-0.15, -0.1) is 0 Å². The van der Waals surface area contributed by atoms with Gasteiger partial charge in [0.15, 0.2) is 5.65 Å². The van der Waals surface area contributed by atoms with Crippen molar-refractivity contribution in [3.05, 3.63) is 53.6 Å². The summed E-state index contributed by atoms with van der Waals surface area (Å²) in [4.78, 5) is 29.3. The van der Waals surface area contributed by atoms with E-state index in [1.54, 1.807) is 25.4 Å². The van der Waals surface area contributed by atoms with Crippen molar-refractivity contribution in [2.45, 2.75) is 52.4 Å². The third-order valence-electron chi connectivity index (χ3n) is 5.49. The van der Waals surface area contributed by atoms with Crippen LogP contribution in [0.2, 0.25) is 0 Å². The minimum absolute atomic E-state index is 0.0188. The first-order valence-corrected chi connectivity index (χ1v) is 12.3. The van der Waals surface area contributed by atoms with E-state index in [2.05, 4.69) is 20.7 Å². The van der Waals surface area contributed by atoms with Gasteiger partial charge in [-0.05, 0) is 58.9 Å². The van der Waals surface area contributed by atoms with Gasteiger partial charge >= 0.3 is 12.1 Å². The van der Waals surface area contributed by atoms with Crippen LogP contribution >= 0.6 is 0 Å². The lowest BCUT2D eigenvalue weighted by Crippen LogP contribution is -2.39. The fraction of sp³-hybridized carbons (Fsp3) is 0.462. The van der Waals surface area contributed by atoms with Crippen molar-refractivity contribution in [2.24, 2.45) is 0 Å². The minimum atomic E-state index is -1.13. The number of carbonyl (C=O) groups is 2. The van der Waals surface area contributed by atoms with E-state index in [1.807, 2.05) is 34.6 Å². The molecule has 206 valence electrons. The normalized spacial score (nSPS) is 13.1. The summed E-state index contributed by atoms with van der Waals surface area (Å²) in [6, 6.07) is 5.55. The number of benzene rings is 1. The van der Waals surface area contributed by atoms with E-state index in [9.17, 15) is 19.1 Å². The molecule has 2 atom stereocenters. The van der Waals surface area contributed by atoms with Gasteiger partial charge in [-0.3, -0.25) is 0 Å².